The number of benzene rings is 2. The first-order valence-corrected chi connectivity index (χ1v) is 7.96. The molecule has 0 atom stereocenters. The molecule has 0 amide bonds. The lowest BCUT2D eigenvalue weighted by molar-refractivity contribution is 0.848. The maximum absolute atomic E-state index is 4.62. The SMILES string of the molecule is CN=c1scc(-c2ccccc2)n1/N=C\c1ccc(C)cc1. The molecule has 22 heavy (non-hydrogen) atoms. The van der Waals surface area contributed by atoms with E-state index in [1.54, 1.807) is 18.4 Å². The van der Waals surface area contributed by atoms with Gasteiger partial charge in [-0.2, -0.15) is 5.10 Å². The number of hydrogen-bond acceptors (Lipinski definition) is 3. The maximum atomic E-state index is 4.62. The average molecular weight is 307 g/mol. The van der Waals surface area contributed by atoms with Crippen molar-refractivity contribution in [2.24, 2.45) is 10.1 Å². The van der Waals surface area contributed by atoms with Crippen molar-refractivity contribution >= 4 is 17.6 Å². The summed E-state index contributed by atoms with van der Waals surface area (Å²) in [7, 11) is 1.79. The summed E-state index contributed by atoms with van der Waals surface area (Å²) in [6.07, 6.45) is 1.87. The summed E-state index contributed by atoms with van der Waals surface area (Å²) in [6.45, 7) is 2.08. The van der Waals surface area contributed by atoms with Crippen molar-refractivity contribution in [3.8, 4) is 11.3 Å². The molecule has 0 bridgehead atoms. The van der Waals surface area contributed by atoms with Gasteiger partial charge < -0.3 is 0 Å². The van der Waals surface area contributed by atoms with Crippen LogP contribution in [0.5, 0.6) is 0 Å². The van der Waals surface area contributed by atoms with Gasteiger partial charge in [-0.25, -0.2) is 4.68 Å². The minimum atomic E-state index is 0.877. The third kappa shape index (κ3) is 3.07. The molecule has 0 fully saturated rings. The average Bonchev–Trinajstić information content (AvgIpc) is 2.98. The standard InChI is InChI=1S/C18H17N3S/c1-14-8-10-15(11-9-14)12-20-21-17(13-22-18(21)19-2)16-6-4-3-5-7-16/h3-13H,1-2H3/b19-18?,20-12-. The first-order valence-electron chi connectivity index (χ1n) is 7.08. The van der Waals surface area contributed by atoms with E-state index in [1.807, 2.05) is 29.1 Å². The van der Waals surface area contributed by atoms with Gasteiger partial charge in [0.25, 0.3) is 0 Å². The predicted octanol–water partition coefficient (Wildman–Crippen LogP) is 3.94. The number of aryl methyl sites for hydroxylation is 1. The van der Waals surface area contributed by atoms with Crippen LogP contribution >= 0.6 is 11.3 Å². The lowest BCUT2D eigenvalue weighted by Crippen LogP contribution is -2.11. The van der Waals surface area contributed by atoms with Crippen LogP contribution in [0.3, 0.4) is 0 Å². The molecule has 2 aromatic carbocycles. The van der Waals surface area contributed by atoms with Gasteiger partial charge in [-0.1, -0.05) is 60.2 Å². The van der Waals surface area contributed by atoms with Crippen molar-refractivity contribution in [2.45, 2.75) is 6.92 Å². The molecule has 0 saturated heterocycles. The second-order valence-corrected chi connectivity index (χ2v) is 5.80. The lowest BCUT2D eigenvalue weighted by Gasteiger charge is -2.03. The van der Waals surface area contributed by atoms with Crippen molar-refractivity contribution in [1.82, 2.24) is 4.68 Å². The Morgan fingerprint density at radius 3 is 2.41 bits per heavy atom. The van der Waals surface area contributed by atoms with E-state index >= 15 is 0 Å². The Balaban J connectivity index is 2.03. The van der Waals surface area contributed by atoms with Crippen LogP contribution in [0.15, 0.2) is 70.1 Å². The van der Waals surface area contributed by atoms with Crippen molar-refractivity contribution in [3.05, 3.63) is 75.9 Å². The van der Waals surface area contributed by atoms with E-state index in [2.05, 4.69) is 58.8 Å². The lowest BCUT2D eigenvalue weighted by atomic mass is 10.2. The second-order valence-electron chi connectivity index (χ2n) is 4.96. The third-order valence-electron chi connectivity index (χ3n) is 3.35. The van der Waals surface area contributed by atoms with E-state index < -0.39 is 0 Å². The summed E-state index contributed by atoms with van der Waals surface area (Å²) in [4.78, 5) is 5.19. The molecule has 0 spiro atoms. The van der Waals surface area contributed by atoms with E-state index in [-0.39, 0.29) is 0 Å². The van der Waals surface area contributed by atoms with E-state index in [0.717, 1.165) is 21.6 Å². The largest absolute Gasteiger partial charge is 0.261 e. The van der Waals surface area contributed by atoms with Gasteiger partial charge in [0.15, 0.2) is 0 Å². The number of rotatable bonds is 3. The van der Waals surface area contributed by atoms with Gasteiger partial charge in [0.2, 0.25) is 4.80 Å². The fraction of sp³-hybridized carbons (Fsp3) is 0.111. The van der Waals surface area contributed by atoms with Gasteiger partial charge in [0.05, 0.1) is 11.9 Å². The van der Waals surface area contributed by atoms with Gasteiger partial charge in [0, 0.05) is 18.0 Å². The summed E-state index contributed by atoms with van der Waals surface area (Å²) < 4.78 is 1.89. The molecule has 0 aliphatic heterocycles. The molecule has 0 unspecified atom stereocenters. The smallest absolute Gasteiger partial charge is 0.205 e. The molecule has 0 saturated carbocycles. The molecule has 0 aliphatic rings. The summed E-state index contributed by atoms with van der Waals surface area (Å²) in [5.41, 5.74) is 4.50. The van der Waals surface area contributed by atoms with Crippen LogP contribution in [0.4, 0.5) is 0 Å². The molecular weight excluding hydrogens is 290 g/mol. The number of aromatic nitrogens is 1. The van der Waals surface area contributed by atoms with Crippen LogP contribution < -0.4 is 4.80 Å². The Morgan fingerprint density at radius 2 is 1.73 bits per heavy atom. The van der Waals surface area contributed by atoms with Gasteiger partial charge in [-0.15, -0.1) is 11.3 Å². The highest BCUT2D eigenvalue weighted by atomic mass is 32.1. The Hall–Kier alpha value is -2.46. The van der Waals surface area contributed by atoms with E-state index in [1.165, 1.54) is 5.56 Å². The molecule has 3 rings (SSSR count). The molecule has 1 heterocycles. The summed E-state index contributed by atoms with van der Waals surface area (Å²) >= 11 is 1.59. The van der Waals surface area contributed by atoms with E-state index in [9.17, 15) is 0 Å². The zero-order valence-corrected chi connectivity index (χ0v) is 13.4. The molecule has 4 heteroatoms. The molecule has 3 nitrogen and oxygen atoms in total. The van der Waals surface area contributed by atoms with Crippen LogP contribution in [0.2, 0.25) is 0 Å². The fourth-order valence-corrected chi connectivity index (χ4v) is 2.95. The number of nitrogens with zero attached hydrogens (tertiary/aromatic N) is 3. The monoisotopic (exact) mass is 307 g/mol. The zero-order valence-electron chi connectivity index (χ0n) is 12.6. The van der Waals surface area contributed by atoms with Crippen LogP contribution in [0.1, 0.15) is 11.1 Å². The van der Waals surface area contributed by atoms with Crippen LogP contribution in [-0.4, -0.2) is 17.9 Å². The van der Waals surface area contributed by atoms with Crippen LogP contribution in [0.25, 0.3) is 11.3 Å². The second kappa shape index (κ2) is 6.54. The zero-order chi connectivity index (χ0) is 15.4. The predicted molar refractivity (Wildman–Crippen MR) is 93.4 cm³/mol. The van der Waals surface area contributed by atoms with E-state index in [4.69, 9.17) is 0 Å². The Morgan fingerprint density at radius 1 is 1.00 bits per heavy atom. The van der Waals surface area contributed by atoms with Gasteiger partial charge >= 0.3 is 0 Å². The van der Waals surface area contributed by atoms with Crippen molar-refractivity contribution in [3.63, 3.8) is 0 Å². The van der Waals surface area contributed by atoms with Crippen molar-refractivity contribution < 1.29 is 0 Å². The highest BCUT2D eigenvalue weighted by molar-refractivity contribution is 7.07. The van der Waals surface area contributed by atoms with Crippen molar-refractivity contribution in [2.75, 3.05) is 7.05 Å². The fourth-order valence-electron chi connectivity index (χ4n) is 2.15. The van der Waals surface area contributed by atoms with E-state index in [0.29, 0.717) is 0 Å². The Bertz CT molecular complexity index is 840. The third-order valence-corrected chi connectivity index (χ3v) is 4.25. The normalized spacial score (nSPS) is 12.2. The maximum Gasteiger partial charge on any atom is 0.205 e. The first kappa shape index (κ1) is 14.5. The molecule has 0 aliphatic carbocycles. The Kier molecular flexibility index (Phi) is 4.30. The summed E-state index contributed by atoms with van der Waals surface area (Å²) in [6, 6.07) is 18.5. The highest BCUT2D eigenvalue weighted by Gasteiger charge is 2.06. The highest BCUT2D eigenvalue weighted by Crippen LogP contribution is 2.19. The minimum Gasteiger partial charge on any atom is -0.261 e. The van der Waals surface area contributed by atoms with Crippen molar-refractivity contribution in [1.29, 1.82) is 0 Å². The summed E-state index contributed by atoms with van der Waals surface area (Å²) in [5.74, 6) is 0. The molecule has 110 valence electrons. The molecular formula is C18H17N3S. The minimum absolute atomic E-state index is 0.877. The quantitative estimate of drug-likeness (QED) is 0.656. The molecule has 3 aromatic rings. The number of thiazole rings is 1. The Labute approximate surface area is 133 Å². The summed E-state index contributed by atoms with van der Waals surface area (Å²) in [5, 5.41) is 6.71. The van der Waals surface area contributed by atoms with Gasteiger partial charge in [-0.3, -0.25) is 4.99 Å². The first-order chi connectivity index (χ1) is 10.8. The van der Waals surface area contributed by atoms with Crippen LogP contribution in [0, 0.1) is 6.92 Å². The molecule has 0 N–H and O–H groups in total. The molecule has 0 radical (unpaired) electrons. The van der Waals surface area contributed by atoms with Gasteiger partial charge in [0.1, 0.15) is 0 Å². The topological polar surface area (TPSA) is 29.6 Å². The molecule has 1 aromatic heterocycles. The van der Waals surface area contributed by atoms with Gasteiger partial charge in [-0.05, 0) is 12.5 Å². The van der Waals surface area contributed by atoms with Crippen LogP contribution in [-0.2, 0) is 0 Å². The number of hydrogen-bond donors (Lipinski definition) is 0.